The van der Waals surface area contributed by atoms with E-state index in [4.69, 9.17) is 0 Å². The van der Waals surface area contributed by atoms with Gasteiger partial charge in [0.1, 0.15) is 5.54 Å². The molecule has 0 aliphatic carbocycles. The van der Waals surface area contributed by atoms with Crippen molar-refractivity contribution >= 4 is 0 Å². The molecule has 0 radical (unpaired) electrons. The van der Waals surface area contributed by atoms with Gasteiger partial charge in [-0.1, -0.05) is 45.0 Å². The molecule has 1 aliphatic rings. The summed E-state index contributed by atoms with van der Waals surface area (Å²) in [6.45, 7) is 10.9. The van der Waals surface area contributed by atoms with Crippen LogP contribution in [0.3, 0.4) is 0 Å². The maximum atomic E-state index is 9.72. The van der Waals surface area contributed by atoms with Crippen LogP contribution in [0, 0.1) is 17.2 Å². The van der Waals surface area contributed by atoms with Crippen LogP contribution in [0.25, 0.3) is 0 Å². The summed E-state index contributed by atoms with van der Waals surface area (Å²) in [6, 6.07) is 11.4. The number of nitrogens with zero attached hydrogens (tertiary/aromatic N) is 2. The van der Waals surface area contributed by atoms with Crippen LogP contribution < -0.4 is 0 Å². The Morgan fingerprint density at radius 3 is 2.29 bits per heavy atom. The van der Waals surface area contributed by atoms with E-state index in [9.17, 15) is 5.26 Å². The molecule has 1 unspecified atom stereocenters. The molecule has 1 fully saturated rings. The predicted molar refractivity (Wildman–Crippen MR) is 88.2 cm³/mol. The molecule has 1 aromatic carbocycles. The van der Waals surface area contributed by atoms with Gasteiger partial charge in [0, 0.05) is 6.42 Å². The Balaban J connectivity index is 2.09. The van der Waals surface area contributed by atoms with Crippen LogP contribution in [0.5, 0.6) is 0 Å². The highest BCUT2D eigenvalue weighted by molar-refractivity contribution is 5.27. The molecule has 1 aromatic rings. The van der Waals surface area contributed by atoms with Gasteiger partial charge >= 0.3 is 0 Å². The van der Waals surface area contributed by atoms with Gasteiger partial charge in [0.15, 0.2) is 0 Å². The highest BCUT2D eigenvalue weighted by Gasteiger charge is 2.34. The number of hydrogen-bond acceptors (Lipinski definition) is 2. The molecule has 0 saturated carbocycles. The van der Waals surface area contributed by atoms with Gasteiger partial charge in [0.25, 0.3) is 0 Å². The summed E-state index contributed by atoms with van der Waals surface area (Å²) in [7, 11) is 0. The average Bonchev–Trinajstić information content (AvgIpc) is 2.48. The highest BCUT2D eigenvalue weighted by Crippen LogP contribution is 2.27. The molecular formula is C19H28N2. The molecule has 21 heavy (non-hydrogen) atoms. The van der Waals surface area contributed by atoms with Crippen LogP contribution in [-0.4, -0.2) is 23.5 Å². The fraction of sp³-hybridized carbons (Fsp3) is 0.632. The Kier molecular flexibility index (Phi) is 5.06. The van der Waals surface area contributed by atoms with Crippen LogP contribution in [-0.2, 0) is 6.42 Å². The first-order valence-electron chi connectivity index (χ1n) is 8.20. The van der Waals surface area contributed by atoms with E-state index in [2.05, 4.69) is 62.9 Å². The Labute approximate surface area is 129 Å². The summed E-state index contributed by atoms with van der Waals surface area (Å²) in [5.41, 5.74) is 2.26. The van der Waals surface area contributed by atoms with Crippen molar-refractivity contribution in [2.24, 2.45) is 5.92 Å². The topological polar surface area (TPSA) is 27.0 Å². The minimum atomic E-state index is -0.376. The first-order chi connectivity index (χ1) is 9.94. The maximum absolute atomic E-state index is 9.72. The zero-order chi connectivity index (χ0) is 15.5. The van der Waals surface area contributed by atoms with Gasteiger partial charge in [0.05, 0.1) is 6.07 Å². The zero-order valence-electron chi connectivity index (χ0n) is 13.9. The third kappa shape index (κ3) is 3.86. The summed E-state index contributed by atoms with van der Waals surface area (Å²) in [5, 5.41) is 9.72. The van der Waals surface area contributed by atoms with Gasteiger partial charge in [-0.25, -0.2) is 0 Å². The molecule has 2 heteroatoms. The van der Waals surface area contributed by atoms with E-state index in [0.717, 1.165) is 25.4 Å². The van der Waals surface area contributed by atoms with E-state index >= 15 is 0 Å². The Morgan fingerprint density at radius 1 is 1.24 bits per heavy atom. The standard InChI is InChI=1S/C19H28N2/c1-15(2)18-7-5-17(6-8-18)13-19(4,14-20)21-11-9-16(3)10-12-21/h5-8,15-16H,9-13H2,1-4H3. The van der Waals surface area contributed by atoms with E-state index in [1.165, 1.54) is 24.0 Å². The van der Waals surface area contributed by atoms with Gasteiger partial charge in [-0.15, -0.1) is 0 Å². The molecule has 0 amide bonds. The van der Waals surface area contributed by atoms with Crippen LogP contribution in [0.1, 0.15) is 57.6 Å². The number of benzene rings is 1. The zero-order valence-corrected chi connectivity index (χ0v) is 13.9. The lowest BCUT2D eigenvalue weighted by atomic mass is 9.88. The summed E-state index contributed by atoms with van der Waals surface area (Å²) < 4.78 is 0. The molecule has 0 bridgehead atoms. The fourth-order valence-electron chi connectivity index (χ4n) is 3.14. The number of piperidine rings is 1. The van der Waals surface area contributed by atoms with E-state index in [1.807, 2.05) is 0 Å². The third-order valence-corrected chi connectivity index (χ3v) is 4.92. The Morgan fingerprint density at radius 2 is 1.81 bits per heavy atom. The van der Waals surface area contributed by atoms with Gasteiger partial charge in [-0.05, 0) is 55.8 Å². The first kappa shape index (κ1) is 16.0. The number of rotatable bonds is 4. The van der Waals surface area contributed by atoms with Crippen LogP contribution in [0.4, 0.5) is 0 Å². The van der Waals surface area contributed by atoms with E-state index in [-0.39, 0.29) is 5.54 Å². The monoisotopic (exact) mass is 284 g/mol. The summed E-state index contributed by atoms with van der Waals surface area (Å²) in [4.78, 5) is 2.38. The average molecular weight is 284 g/mol. The summed E-state index contributed by atoms with van der Waals surface area (Å²) >= 11 is 0. The van der Waals surface area contributed by atoms with E-state index < -0.39 is 0 Å². The first-order valence-corrected chi connectivity index (χ1v) is 8.20. The number of likely N-dealkylation sites (tertiary alicyclic amines) is 1. The van der Waals surface area contributed by atoms with Crippen LogP contribution in [0.15, 0.2) is 24.3 Å². The van der Waals surface area contributed by atoms with Crippen molar-refractivity contribution in [1.82, 2.24) is 4.90 Å². The minimum Gasteiger partial charge on any atom is -0.285 e. The molecule has 1 aliphatic heterocycles. The predicted octanol–water partition coefficient (Wildman–Crippen LogP) is 4.37. The van der Waals surface area contributed by atoms with Crippen molar-refractivity contribution in [2.45, 2.75) is 58.4 Å². The van der Waals surface area contributed by atoms with Gasteiger partial charge < -0.3 is 0 Å². The van der Waals surface area contributed by atoms with Crippen molar-refractivity contribution in [3.63, 3.8) is 0 Å². The number of nitriles is 1. The van der Waals surface area contributed by atoms with Crippen molar-refractivity contribution < 1.29 is 0 Å². The smallest absolute Gasteiger partial charge is 0.110 e. The second-order valence-corrected chi connectivity index (χ2v) is 7.13. The molecule has 1 atom stereocenters. The largest absolute Gasteiger partial charge is 0.285 e. The molecule has 2 nitrogen and oxygen atoms in total. The van der Waals surface area contributed by atoms with Crippen LogP contribution in [0.2, 0.25) is 0 Å². The van der Waals surface area contributed by atoms with E-state index in [1.54, 1.807) is 0 Å². The minimum absolute atomic E-state index is 0.376. The molecule has 114 valence electrons. The molecular weight excluding hydrogens is 256 g/mol. The molecule has 0 spiro atoms. The lowest BCUT2D eigenvalue weighted by Crippen LogP contribution is -2.50. The van der Waals surface area contributed by atoms with Crippen molar-refractivity contribution in [3.05, 3.63) is 35.4 Å². The Hall–Kier alpha value is -1.33. The highest BCUT2D eigenvalue weighted by atomic mass is 15.2. The van der Waals surface area contributed by atoms with E-state index in [0.29, 0.717) is 5.92 Å². The van der Waals surface area contributed by atoms with Crippen molar-refractivity contribution in [1.29, 1.82) is 5.26 Å². The number of hydrogen-bond donors (Lipinski definition) is 0. The molecule has 1 heterocycles. The lowest BCUT2D eigenvalue weighted by molar-refractivity contribution is 0.103. The normalized spacial score (nSPS) is 20.2. The molecule has 0 aromatic heterocycles. The van der Waals surface area contributed by atoms with Gasteiger partial charge in [-0.3, -0.25) is 4.90 Å². The SMILES string of the molecule is CC1CCN(C(C)(C#N)Cc2ccc(C(C)C)cc2)CC1. The molecule has 1 saturated heterocycles. The summed E-state index contributed by atoms with van der Waals surface area (Å²) in [5.74, 6) is 1.36. The van der Waals surface area contributed by atoms with Gasteiger partial charge in [-0.2, -0.15) is 5.26 Å². The van der Waals surface area contributed by atoms with Crippen molar-refractivity contribution in [2.75, 3.05) is 13.1 Å². The van der Waals surface area contributed by atoms with Crippen molar-refractivity contribution in [3.8, 4) is 6.07 Å². The summed E-state index contributed by atoms with van der Waals surface area (Å²) in [6.07, 6.45) is 3.24. The Bertz CT molecular complexity index is 489. The molecule has 2 rings (SSSR count). The maximum Gasteiger partial charge on any atom is 0.110 e. The quantitative estimate of drug-likeness (QED) is 0.821. The molecule has 0 N–H and O–H groups in total. The lowest BCUT2D eigenvalue weighted by Gasteiger charge is -2.40. The second-order valence-electron chi connectivity index (χ2n) is 7.13. The fourth-order valence-corrected chi connectivity index (χ4v) is 3.14. The van der Waals surface area contributed by atoms with Gasteiger partial charge in [0.2, 0.25) is 0 Å². The third-order valence-electron chi connectivity index (χ3n) is 4.92. The van der Waals surface area contributed by atoms with Crippen LogP contribution >= 0.6 is 0 Å². The second kappa shape index (κ2) is 6.62.